The number of rotatable bonds is 5. The summed E-state index contributed by atoms with van der Waals surface area (Å²) in [5, 5.41) is 8.22. The van der Waals surface area contributed by atoms with E-state index in [4.69, 9.17) is 0 Å². The van der Waals surface area contributed by atoms with Crippen LogP contribution in [0.4, 0.5) is 11.6 Å². The number of likely N-dealkylation sites (tertiary alicyclic amines) is 1. The van der Waals surface area contributed by atoms with Gasteiger partial charge in [-0.15, -0.1) is 10.2 Å². The quantitative estimate of drug-likeness (QED) is 0.794. The largest absolute Gasteiger partial charge is 0.361 e. The van der Waals surface area contributed by atoms with Crippen LogP contribution in [-0.2, 0) is 0 Å². The normalized spacial score (nSPS) is 17.6. The summed E-state index contributed by atoms with van der Waals surface area (Å²) in [7, 11) is 3.80. The Morgan fingerprint density at radius 3 is 2.30 bits per heavy atom. The average molecular weight is 367 g/mol. The van der Waals surface area contributed by atoms with Gasteiger partial charge < -0.3 is 14.7 Å². The lowest BCUT2D eigenvalue weighted by atomic mass is 10.0. The fourth-order valence-corrected chi connectivity index (χ4v) is 3.65. The molecule has 2 aromatic heterocycles. The van der Waals surface area contributed by atoms with E-state index >= 15 is 0 Å². The Morgan fingerprint density at radius 1 is 1.00 bits per heavy atom. The molecule has 1 saturated heterocycles. The fraction of sp³-hybridized carbons (Fsp3) is 0.526. The summed E-state index contributed by atoms with van der Waals surface area (Å²) in [6, 6.07) is 6.57. The van der Waals surface area contributed by atoms with E-state index in [0.29, 0.717) is 17.8 Å². The Labute approximate surface area is 159 Å². The van der Waals surface area contributed by atoms with E-state index in [1.54, 1.807) is 18.6 Å². The molecule has 0 bridgehead atoms. The minimum Gasteiger partial charge on any atom is -0.361 e. The second kappa shape index (κ2) is 7.46. The number of amides is 1. The summed E-state index contributed by atoms with van der Waals surface area (Å²) in [5.74, 6) is 1.71. The highest BCUT2D eigenvalue weighted by Gasteiger charge is 2.37. The minimum absolute atomic E-state index is 0.0359. The van der Waals surface area contributed by atoms with Crippen molar-refractivity contribution in [2.75, 3.05) is 37.0 Å². The lowest BCUT2D eigenvalue weighted by Gasteiger charge is -2.39. The van der Waals surface area contributed by atoms with Crippen LogP contribution in [0.1, 0.15) is 36.2 Å². The first-order chi connectivity index (χ1) is 13.1. The Hall–Kier alpha value is -2.77. The molecule has 3 heterocycles. The van der Waals surface area contributed by atoms with E-state index < -0.39 is 0 Å². The zero-order valence-electron chi connectivity index (χ0n) is 15.8. The Bertz CT molecular complexity index is 768. The van der Waals surface area contributed by atoms with Gasteiger partial charge in [0.05, 0.1) is 0 Å². The first kappa shape index (κ1) is 17.6. The van der Waals surface area contributed by atoms with Crippen molar-refractivity contribution in [2.24, 2.45) is 0 Å². The zero-order valence-corrected chi connectivity index (χ0v) is 15.8. The fourth-order valence-electron chi connectivity index (χ4n) is 3.65. The maximum absolute atomic E-state index is 12.7. The first-order valence-corrected chi connectivity index (χ1v) is 9.48. The molecule has 0 radical (unpaired) electrons. The molecule has 4 rings (SSSR count). The van der Waals surface area contributed by atoms with Gasteiger partial charge in [0.25, 0.3) is 5.91 Å². The molecule has 1 amide bonds. The predicted octanol–water partition coefficient (Wildman–Crippen LogP) is 1.61. The van der Waals surface area contributed by atoms with Crippen LogP contribution in [0.5, 0.6) is 0 Å². The molecule has 1 saturated carbocycles. The second-order valence-corrected chi connectivity index (χ2v) is 7.40. The van der Waals surface area contributed by atoms with E-state index in [0.717, 1.165) is 37.6 Å². The van der Waals surface area contributed by atoms with Gasteiger partial charge >= 0.3 is 0 Å². The SMILES string of the molecule is CN(C)c1ccc(C(=O)N2CCC(N(c3ccncn3)C3CC3)CC2)nn1. The van der Waals surface area contributed by atoms with Crippen molar-refractivity contribution in [3.8, 4) is 0 Å². The summed E-state index contributed by atoms with van der Waals surface area (Å²) in [4.78, 5) is 27.4. The third-order valence-electron chi connectivity index (χ3n) is 5.24. The van der Waals surface area contributed by atoms with E-state index in [-0.39, 0.29) is 5.91 Å². The third-order valence-corrected chi connectivity index (χ3v) is 5.24. The van der Waals surface area contributed by atoms with Crippen LogP contribution >= 0.6 is 0 Å². The van der Waals surface area contributed by atoms with Gasteiger partial charge in [-0.25, -0.2) is 9.97 Å². The van der Waals surface area contributed by atoms with Crippen LogP contribution in [0.15, 0.2) is 30.7 Å². The van der Waals surface area contributed by atoms with Gasteiger partial charge in [-0.1, -0.05) is 0 Å². The molecule has 1 aliphatic carbocycles. The van der Waals surface area contributed by atoms with Gasteiger partial charge in [0.1, 0.15) is 12.1 Å². The van der Waals surface area contributed by atoms with E-state index in [1.165, 1.54) is 12.8 Å². The van der Waals surface area contributed by atoms with Crippen LogP contribution in [-0.4, -0.2) is 70.2 Å². The van der Waals surface area contributed by atoms with Crippen molar-refractivity contribution in [2.45, 2.75) is 37.8 Å². The molecule has 27 heavy (non-hydrogen) atoms. The molecule has 0 aromatic carbocycles. The zero-order chi connectivity index (χ0) is 18.8. The number of hydrogen-bond acceptors (Lipinski definition) is 7. The van der Waals surface area contributed by atoms with Crippen molar-refractivity contribution in [3.05, 3.63) is 36.4 Å². The molecule has 2 aromatic rings. The summed E-state index contributed by atoms with van der Waals surface area (Å²) in [5.41, 5.74) is 0.411. The van der Waals surface area contributed by atoms with Gasteiger partial charge in [0.2, 0.25) is 0 Å². The Balaban J connectivity index is 1.40. The smallest absolute Gasteiger partial charge is 0.274 e. The molecule has 0 atom stereocenters. The van der Waals surface area contributed by atoms with Crippen LogP contribution in [0, 0.1) is 0 Å². The van der Waals surface area contributed by atoms with Crippen molar-refractivity contribution in [1.82, 2.24) is 25.1 Å². The summed E-state index contributed by atoms with van der Waals surface area (Å²) >= 11 is 0. The number of carbonyl (C=O) groups excluding carboxylic acids is 1. The van der Waals surface area contributed by atoms with Crippen LogP contribution in [0.2, 0.25) is 0 Å². The van der Waals surface area contributed by atoms with Crippen molar-refractivity contribution >= 4 is 17.5 Å². The molecule has 2 aliphatic rings. The Kier molecular flexibility index (Phi) is 4.87. The third kappa shape index (κ3) is 3.84. The van der Waals surface area contributed by atoms with Gasteiger partial charge in [-0.2, -0.15) is 0 Å². The summed E-state index contributed by atoms with van der Waals surface area (Å²) < 4.78 is 0. The highest BCUT2D eigenvalue weighted by Crippen LogP contribution is 2.35. The van der Waals surface area contributed by atoms with Crippen molar-refractivity contribution in [1.29, 1.82) is 0 Å². The summed E-state index contributed by atoms with van der Waals surface area (Å²) in [6.45, 7) is 1.46. The molecule has 2 fully saturated rings. The topological polar surface area (TPSA) is 78.4 Å². The molecule has 0 unspecified atom stereocenters. The molecular formula is C19H25N7O. The lowest BCUT2D eigenvalue weighted by Crippen LogP contribution is -2.48. The number of carbonyl (C=O) groups is 1. The van der Waals surface area contributed by atoms with Gasteiger partial charge in [-0.3, -0.25) is 4.79 Å². The van der Waals surface area contributed by atoms with Crippen molar-refractivity contribution < 1.29 is 4.79 Å². The van der Waals surface area contributed by atoms with Crippen molar-refractivity contribution in [3.63, 3.8) is 0 Å². The number of piperidine rings is 1. The van der Waals surface area contributed by atoms with E-state index in [1.807, 2.05) is 36.0 Å². The molecule has 0 spiro atoms. The van der Waals surface area contributed by atoms with Crippen LogP contribution < -0.4 is 9.80 Å². The average Bonchev–Trinajstić information content (AvgIpc) is 3.54. The number of hydrogen-bond donors (Lipinski definition) is 0. The number of nitrogens with zero attached hydrogens (tertiary/aromatic N) is 7. The predicted molar refractivity (Wildman–Crippen MR) is 103 cm³/mol. The Morgan fingerprint density at radius 2 is 1.74 bits per heavy atom. The standard InChI is InChI=1S/C19H25N7O/c1-24(2)18-6-5-16(22-23-18)19(27)25-11-8-15(9-12-25)26(14-3-4-14)17-7-10-20-13-21-17/h5-7,10,13-15H,3-4,8-9,11-12H2,1-2H3. The highest BCUT2D eigenvalue weighted by molar-refractivity contribution is 5.92. The minimum atomic E-state index is -0.0359. The second-order valence-electron chi connectivity index (χ2n) is 7.40. The van der Waals surface area contributed by atoms with E-state index in [9.17, 15) is 4.79 Å². The van der Waals surface area contributed by atoms with Gasteiger partial charge in [0, 0.05) is 45.5 Å². The first-order valence-electron chi connectivity index (χ1n) is 9.48. The molecular weight excluding hydrogens is 342 g/mol. The number of anilines is 2. The van der Waals surface area contributed by atoms with Crippen LogP contribution in [0.25, 0.3) is 0 Å². The highest BCUT2D eigenvalue weighted by atomic mass is 16.2. The lowest BCUT2D eigenvalue weighted by molar-refractivity contribution is 0.0704. The van der Waals surface area contributed by atoms with E-state index in [2.05, 4.69) is 25.1 Å². The molecule has 1 aliphatic heterocycles. The summed E-state index contributed by atoms with van der Waals surface area (Å²) in [6.07, 6.45) is 7.73. The van der Waals surface area contributed by atoms with Gasteiger partial charge in [-0.05, 0) is 43.9 Å². The monoisotopic (exact) mass is 367 g/mol. The number of aromatic nitrogens is 4. The maximum atomic E-state index is 12.7. The maximum Gasteiger partial charge on any atom is 0.274 e. The molecule has 8 nitrogen and oxygen atoms in total. The van der Waals surface area contributed by atoms with Crippen LogP contribution in [0.3, 0.4) is 0 Å². The molecule has 8 heteroatoms. The van der Waals surface area contributed by atoms with Gasteiger partial charge in [0.15, 0.2) is 11.5 Å². The molecule has 142 valence electrons. The molecule has 0 N–H and O–H groups in total.